The summed E-state index contributed by atoms with van der Waals surface area (Å²) in [6.45, 7) is 7.05. The summed E-state index contributed by atoms with van der Waals surface area (Å²) in [7, 11) is 4.01. The SMILES string of the molecule is CC(C)CN(CCN(C)C)CC(=O)c1ccccc1F. The van der Waals surface area contributed by atoms with Crippen molar-refractivity contribution in [2.75, 3.05) is 40.3 Å². The van der Waals surface area contributed by atoms with E-state index in [1.807, 2.05) is 14.1 Å². The van der Waals surface area contributed by atoms with Crippen molar-refractivity contribution in [1.29, 1.82) is 0 Å². The molecule has 0 bridgehead atoms. The fraction of sp³-hybridized carbons (Fsp3) is 0.562. The lowest BCUT2D eigenvalue weighted by molar-refractivity contribution is 0.0912. The van der Waals surface area contributed by atoms with Gasteiger partial charge in [0.1, 0.15) is 5.82 Å². The predicted octanol–water partition coefficient (Wildman–Crippen LogP) is 2.53. The highest BCUT2D eigenvalue weighted by atomic mass is 19.1. The molecule has 0 spiro atoms. The lowest BCUT2D eigenvalue weighted by Gasteiger charge is -2.25. The van der Waals surface area contributed by atoms with E-state index >= 15 is 0 Å². The van der Waals surface area contributed by atoms with Crippen LogP contribution in [-0.4, -0.2) is 55.9 Å². The third-order valence-electron chi connectivity index (χ3n) is 3.03. The molecule has 0 fully saturated rings. The normalized spacial score (nSPS) is 11.6. The molecule has 1 aromatic rings. The molecule has 3 nitrogen and oxygen atoms in total. The average Bonchev–Trinajstić information content (AvgIpc) is 2.35. The van der Waals surface area contributed by atoms with Gasteiger partial charge in [-0.2, -0.15) is 0 Å². The fourth-order valence-electron chi connectivity index (χ4n) is 2.07. The third kappa shape index (κ3) is 5.80. The van der Waals surface area contributed by atoms with E-state index in [0.29, 0.717) is 5.92 Å². The fourth-order valence-corrected chi connectivity index (χ4v) is 2.07. The Kier molecular flexibility index (Phi) is 6.82. The molecule has 0 aliphatic heterocycles. The largest absolute Gasteiger partial charge is 0.308 e. The molecule has 0 saturated heterocycles. The van der Waals surface area contributed by atoms with Gasteiger partial charge in [-0.1, -0.05) is 26.0 Å². The number of halogens is 1. The average molecular weight is 280 g/mol. The molecule has 1 rings (SSSR count). The number of likely N-dealkylation sites (N-methyl/N-ethyl adjacent to an activating group) is 1. The molecule has 0 unspecified atom stereocenters. The number of carbonyl (C=O) groups excluding carboxylic acids is 1. The van der Waals surface area contributed by atoms with Crippen LogP contribution in [0.2, 0.25) is 0 Å². The van der Waals surface area contributed by atoms with Crippen LogP contribution >= 0.6 is 0 Å². The molecule has 0 aromatic heterocycles. The van der Waals surface area contributed by atoms with E-state index in [2.05, 4.69) is 23.6 Å². The highest BCUT2D eigenvalue weighted by Gasteiger charge is 2.16. The second kappa shape index (κ2) is 8.12. The van der Waals surface area contributed by atoms with E-state index in [-0.39, 0.29) is 17.9 Å². The maximum absolute atomic E-state index is 13.6. The molecular weight excluding hydrogens is 255 g/mol. The molecule has 20 heavy (non-hydrogen) atoms. The minimum atomic E-state index is -0.436. The molecule has 0 saturated carbocycles. The molecule has 0 radical (unpaired) electrons. The van der Waals surface area contributed by atoms with Gasteiger partial charge in [0.05, 0.1) is 12.1 Å². The van der Waals surface area contributed by atoms with Crippen LogP contribution in [0.3, 0.4) is 0 Å². The van der Waals surface area contributed by atoms with Crippen molar-refractivity contribution in [2.24, 2.45) is 5.92 Å². The van der Waals surface area contributed by atoms with Crippen LogP contribution in [-0.2, 0) is 0 Å². The second-order valence-electron chi connectivity index (χ2n) is 5.84. The van der Waals surface area contributed by atoms with Gasteiger partial charge in [0.15, 0.2) is 5.78 Å². The monoisotopic (exact) mass is 280 g/mol. The number of carbonyl (C=O) groups is 1. The standard InChI is InChI=1S/C16H25FN2O/c1-13(2)11-19(10-9-18(3)4)12-16(20)14-7-5-6-8-15(14)17/h5-8,13H,9-12H2,1-4H3. The van der Waals surface area contributed by atoms with E-state index in [0.717, 1.165) is 19.6 Å². The van der Waals surface area contributed by atoms with E-state index in [9.17, 15) is 9.18 Å². The molecule has 1 aromatic carbocycles. The van der Waals surface area contributed by atoms with Crippen molar-refractivity contribution in [1.82, 2.24) is 9.80 Å². The minimum Gasteiger partial charge on any atom is -0.308 e. The van der Waals surface area contributed by atoms with Crippen LogP contribution in [0.15, 0.2) is 24.3 Å². The van der Waals surface area contributed by atoms with Crippen molar-refractivity contribution in [3.8, 4) is 0 Å². The summed E-state index contributed by atoms with van der Waals surface area (Å²) in [6, 6.07) is 6.18. The first-order chi connectivity index (χ1) is 9.40. The molecule has 0 aliphatic carbocycles. The van der Waals surface area contributed by atoms with Crippen molar-refractivity contribution < 1.29 is 9.18 Å². The van der Waals surface area contributed by atoms with Gasteiger partial charge in [-0.05, 0) is 32.1 Å². The van der Waals surface area contributed by atoms with E-state index < -0.39 is 5.82 Å². The van der Waals surface area contributed by atoms with Crippen LogP contribution in [0.25, 0.3) is 0 Å². The van der Waals surface area contributed by atoms with Gasteiger partial charge in [0.2, 0.25) is 0 Å². The Bertz CT molecular complexity index is 432. The highest BCUT2D eigenvalue weighted by molar-refractivity contribution is 5.97. The van der Waals surface area contributed by atoms with Crippen molar-refractivity contribution >= 4 is 5.78 Å². The van der Waals surface area contributed by atoms with Gasteiger partial charge in [-0.3, -0.25) is 9.69 Å². The van der Waals surface area contributed by atoms with Crippen molar-refractivity contribution in [3.63, 3.8) is 0 Å². The first-order valence-electron chi connectivity index (χ1n) is 7.05. The second-order valence-corrected chi connectivity index (χ2v) is 5.84. The molecular formula is C16H25FN2O. The quantitative estimate of drug-likeness (QED) is 0.684. The molecule has 0 atom stereocenters. The number of hydrogen-bond acceptors (Lipinski definition) is 3. The lowest BCUT2D eigenvalue weighted by Crippen LogP contribution is -2.38. The van der Waals surface area contributed by atoms with Crippen LogP contribution in [0.4, 0.5) is 4.39 Å². The van der Waals surface area contributed by atoms with E-state index in [4.69, 9.17) is 0 Å². The Labute approximate surface area is 121 Å². The Morgan fingerprint density at radius 2 is 1.85 bits per heavy atom. The molecule has 4 heteroatoms. The van der Waals surface area contributed by atoms with Crippen LogP contribution < -0.4 is 0 Å². The summed E-state index contributed by atoms with van der Waals surface area (Å²) in [5.41, 5.74) is 0.186. The lowest BCUT2D eigenvalue weighted by atomic mass is 10.1. The summed E-state index contributed by atoms with van der Waals surface area (Å²) in [5.74, 6) is -0.109. The van der Waals surface area contributed by atoms with Gasteiger partial charge in [-0.15, -0.1) is 0 Å². The zero-order chi connectivity index (χ0) is 15.1. The van der Waals surface area contributed by atoms with Crippen LogP contribution in [0.5, 0.6) is 0 Å². The van der Waals surface area contributed by atoms with Crippen molar-refractivity contribution in [3.05, 3.63) is 35.6 Å². The van der Waals surface area contributed by atoms with E-state index in [1.165, 1.54) is 6.07 Å². The Morgan fingerprint density at radius 3 is 2.40 bits per heavy atom. The smallest absolute Gasteiger partial charge is 0.179 e. The summed E-state index contributed by atoms with van der Waals surface area (Å²) in [6.07, 6.45) is 0. The zero-order valence-corrected chi connectivity index (χ0v) is 12.9. The summed E-state index contributed by atoms with van der Waals surface area (Å²) >= 11 is 0. The Hall–Kier alpha value is -1.26. The topological polar surface area (TPSA) is 23.6 Å². The number of Topliss-reactive ketones (excluding diaryl/α,β-unsaturated/α-hetero) is 1. The van der Waals surface area contributed by atoms with Gasteiger partial charge in [-0.25, -0.2) is 4.39 Å². The molecule has 112 valence electrons. The summed E-state index contributed by atoms with van der Waals surface area (Å²) in [5, 5.41) is 0. The number of benzene rings is 1. The summed E-state index contributed by atoms with van der Waals surface area (Å²) < 4.78 is 13.6. The van der Waals surface area contributed by atoms with Gasteiger partial charge in [0.25, 0.3) is 0 Å². The van der Waals surface area contributed by atoms with Gasteiger partial charge in [0, 0.05) is 19.6 Å². The van der Waals surface area contributed by atoms with E-state index in [1.54, 1.807) is 18.2 Å². The summed E-state index contributed by atoms with van der Waals surface area (Å²) in [4.78, 5) is 16.4. The number of rotatable bonds is 8. The first kappa shape index (κ1) is 16.8. The zero-order valence-electron chi connectivity index (χ0n) is 12.9. The molecule has 0 N–H and O–H groups in total. The van der Waals surface area contributed by atoms with Gasteiger partial charge < -0.3 is 4.90 Å². The van der Waals surface area contributed by atoms with Crippen LogP contribution in [0, 0.1) is 11.7 Å². The highest BCUT2D eigenvalue weighted by Crippen LogP contribution is 2.09. The minimum absolute atomic E-state index is 0.150. The molecule has 0 heterocycles. The molecule has 0 aliphatic rings. The number of ketones is 1. The van der Waals surface area contributed by atoms with Crippen molar-refractivity contribution in [2.45, 2.75) is 13.8 Å². The maximum atomic E-state index is 13.6. The predicted molar refractivity (Wildman–Crippen MR) is 80.6 cm³/mol. The Morgan fingerprint density at radius 1 is 1.20 bits per heavy atom. The third-order valence-corrected chi connectivity index (χ3v) is 3.03. The van der Waals surface area contributed by atoms with Crippen LogP contribution in [0.1, 0.15) is 24.2 Å². The van der Waals surface area contributed by atoms with Gasteiger partial charge >= 0.3 is 0 Å². The number of hydrogen-bond donors (Lipinski definition) is 0. The first-order valence-corrected chi connectivity index (χ1v) is 7.05. The maximum Gasteiger partial charge on any atom is 0.179 e. The number of nitrogens with zero attached hydrogens (tertiary/aromatic N) is 2. The Balaban J connectivity index is 2.68. The molecule has 0 amide bonds.